The second kappa shape index (κ2) is 33.5. The zero-order chi connectivity index (χ0) is 36.6. The molecule has 2 aromatic rings. The second-order valence-corrected chi connectivity index (χ2v) is 11.5. The van der Waals surface area contributed by atoms with Crippen LogP contribution in [0.25, 0.3) is 0 Å². The number of nitrogens with two attached hydrogens (primary N) is 1. The third kappa shape index (κ3) is 26.4. The van der Waals surface area contributed by atoms with Crippen LogP contribution in [0.5, 0.6) is 0 Å². The molecule has 5 N–H and O–H groups in total. The highest BCUT2D eigenvalue weighted by atomic mass is 32.2. The van der Waals surface area contributed by atoms with Crippen LogP contribution in [0.4, 0.5) is 8.78 Å². The zero-order valence-corrected chi connectivity index (χ0v) is 30.7. The minimum absolute atomic E-state index is 0.0167. The predicted molar refractivity (Wildman–Crippen MR) is 192 cm³/mol. The predicted octanol–water partition coefficient (Wildman–Crippen LogP) is 6.60. The number of hydrogen-bond donors (Lipinski definition) is 4. The minimum atomic E-state index is -3.35. The summed E-state index contributed by atoms with van der Waals surface area (Å²) in [6, 6.07) is 10.2. The van der Waals surface area contributed by atoms with Gasteiger partial charge in [0, 0.05) is 25.6 Å². The van der Waals surface area contributed by atoms with E-state index in [9.17, 15) is 27.1 Å². The summed E-state index contributed by atoms with van der Waals surface area (Å²) in [5, 5.41) is 16.6. The zero-order valence-electron chi connectivity index (χ0n) is 29.8. The van der Waals surface area contributed by atoms with Crippen molar-refractivity contribution in [2.24, 2.45) is 5.73 Å². The van der Waals surface area contributed by atoms with Crippen molar-refractivity contribution in [3.05, 3.63) is 70.8 Å². The van der Waals surface area contributed by atoms with E-state index in [4.69, 9.17) is 5.73 Å². The first kappa shape index (κ1) is 50.0. The molecular weight excluding hydrogens is 608 g/mol. The molecule has 2 atom stereocenters. The monoisotopic (exact) mass is 671 g/mol. The highest BCUT2D eigenvalue weighted by Crippen LogP contribution is 2.13. The van der Waals surface area contributed by atoms with Gasteiger partial charge in [-0.2, -0.15) is 0 Å². The van der Waals surface area contributed by atoms with Gasteiger partial charge in [0.15, 0.2) is 9.84 Å². The van der Waals surface area contributed by atoms with Crippen LogP contribution in [0.1, 0.15) is 98.3 Å². The van der Waals surface area contributed by atoms with Crippen LogP contribution in [-0.4, -0.2) is 56.2 Å². The first-order valence-electron chi connectivity index (χ1n) is 16.5. The van der Waals surface area contributed by atoms with E-state index in [1.807, 2.05) is 73.6 Å². The van der Waals surface area contributed by atoms with Crippen molar-refractivity contribution < 1.29 is 27.1 Å². The van der Waals surface area contributed by atoms with E-state index >= 15 is 0 Å². The number of aliphatic hydroxyl groups is 1. The van der Waals surface area contributed by atoms with Crippen molar-refractivity contribution in [3.8, 4) is 12.8 Å². The molecule has 0 fully saturated rings. The lowest BCUT2D eigenvalue weighted by molar-refractivity contribution is -0.122. The van der Waals surface area contributed by atoms with Gasteiger partial charge >= 0.3 is 0 Å². The van der Waals surface area contributed by atoms with Gasteiger partial charge in [-0.3, -0.25) is 4.79 Å². The van der Waals surface area contributed by atoms with Gasteiger partial charge in [-0.15, -0.1) is 12.8 Å². The van der Waals surface area contributed by atoms with E-state index in [0.29, 0.717) is 13.0 Å². The third-order valence-electron chi connectivity index (χ3n) is 5.72. The van der Waals surface area contributed by atoms with Crippen LogP contribution in [0.2, 0.25) is 0 Å². The average Bonchev–Trinajstić information content (AvgIpc) is 3.06. The number of carbonyl (C=O) groups is 1. The van der Waals surface area contributed by atoms with Gasteiger partial charge < -0.3 is 21.5 Å². The topological polar surface area (TPSA) is 122 Å². The van der Waals surface area contributed by atoms with E-state index in [-0.39, 0.29) is 36.5 Å². The molecule has 0 aliphatic carbocycles. The Morgan fingerprint density at radius 1 is 0.891 bits per heavy atom. The summed E-state index contributed by atoms with van der Waals surface area (Å²) in [7, 11) is -3.35. The summed E-state index contributed by atoms with van der Waals surface area (Å²) in [4.78, 5) is 12.5. The number of amides is 1. The van der Waals surface area contributed by atoms with E-state index in [1.54, 1.807) is 0 Å². The van der Waals surface area contributed by atoms with Crippen molar-refractivity contribution >= 4 is 15.7 Å². The van der Waals surface area contributed by atoms with Gasteiger partial charge in [-0.25, -0.2) is 17.2 Å². The van der Waals surface area contributed by atoms with E-state index in [1.165, 1.54) is 5.56 Å². The number of rotatable bonds is 15. The molecule has 0 aromatic heterocycles. The number of aliphatic hydroxyl groups excluding tert-OH is 1. The number of hydrogen-bond acceptors (Lipinski definition) is 6. The lowest BCUT2D eigenvalue weighted by Crippen LogP contribution is -2.49. The van der Waals surface area contributed by atoms with Crippen molar-refractivity contribution in [2.45, 2.75) is 113 Å². The lowest BCUT2D eigenvalue weighted by atomic mass is 10.0. The number of terminal acetylenes is 1. The summed E-state index contributed by atoms with van der Waals surface area (Å²) < 4.78 is 51.5. The van der Waals surface area contributed by atoms with E-state index in [2.05, 4.69) is 36.5 Å². The van der Waals surface area contributed by atoms with E-state index < -0.39 is 39.5 Å². The number of halogens is 2. The molecule has 266 valence electrons. The number of carbonyl (C=O) groups excluding carboxylic acids is 1. The second-order valence-electron chi connectivity index (χ2n) is 9.19. The van der Waals surface area contributed by atoms with Gasteiger partial charge in [0.25, 0.3) is 0 Å². The van der Waals surface area contributed by atoms with Crippen molar-refractivity contribution in [1.29, 1.82) is 0 Å². The van der Waals surface area contributed by atoms with Gasteiger partial charge in [0.05, 0.1) is 23.7 Å². The van der Waals surface area contributed by atoms with Crippen LogP contribution < -0.4 is 16.4 Å². The molecule has 0 heterocycles. The average molecular weight is 672 g/mol. The maximum Gasteiger partial charge on any atom is 0.221 e. The largest absolute Gasteiger partial charge is 0.390 e. The number of unbranched alkanes of at least 4 members (excludes halogenated alkanes) is 1. The molecular formula is C36H63F2N3O4S. The maximum atomic E-state index is 13.7. The Hall–Kier alpha value is -2.84. The first-order chi connectivity index (χ1) is 22.0. The number of aryl methyl sites for hydroxylation is 1. The number of nitrogens with one attached hydrogen (secondary N) is 2. The molecule has 0 aliphatic rings. The number of sulfone groups is 1. The molecule has 0 aliphatic heterocycles. The summed E-state index contributed by atoms with van der Waals surface area (Å²) in [6.45, 7) is 19.2. The summed E-state index contributed by atoms with van der Waals surface area (Å²) in [5.41, 5.74) is 7.36. The molecule has 0 saturated heterocycles. The Labute approximate surface area is 280 Å². The normalized spacial score (nSPS) is 11.0. The maximum absolute atomic E-state index is 13.7. The Morgan fingerprint density at radius 2 is 1.41 bits per heavy atom. The Balaban J connectivity index is -0.000000716. The minimum Gasteiger partial charge on any atom is -0.390 e. The van der Waals surface area contributed by atoms with Crippen molar-refractivity contribution in [1.82, 2.24) is 10.6 Å². The highest BCUT2D eigenvalue weighted by Gasteiger charge is 2.23. The standard InChI is InChI=1S/C26H36F2N2O4S.C2H7N.3C2H6.C2H2/c1-3-5-10-35(33,34)11-9-26(32)30-24(15-21-13-22(27)16-23(28)14-21)25(31)18-29-17-20-8-6-7-19(4-2)12-20;1-2-3;4*1-2/h6-8,12-14,16,24-25,29,31H,3-5,9-11,15,17-18H2,1-2H3,(H,30,32);2-3H2,1H3;3*1-2H3;1-2H/t24-,25+;;;;;/m0...../s1. The Morgan fingerprint density at radius 3 is 1.91 bits per heavy atom. The fourth-order valence-corrected chi connectivity index (χ4v) is 5.15. The van der Waals surface area contributed by atoms with E-state index in [0.717, 1.165) is 43.1 Å². The van der Waals surface area contributed by atoms with Crippen LogP contribution in [0, 0.1) is 24.5 Å². The van der Waals surface area contributed by atoms with Gasteiger partial charge in [-0.1, -0.05) is 93.0 Å². The lowest BCUT2D eigenvalue weighted by Gasteiger charge is -2.25. The molecule has 0 saturated carbocycles. The van der Waals surface area contributed by atoms with Gasteiger partial charge in [0.1, 0.15) is 11.6 Å². The molecule has 10 heteroatoms. The van der Waals surface area contributed by atoms with Crippen LogP contribution in [0.15, 0.2) is 42.5 Å². The quantitative estimate of drug-likeness (QED) is 0.158. The summed E-state index contributed by atoms with van der Waals surface area (Å²) in [5.74, 6) is -2.32. The van der Waals surface area contributed by atoms with Crippen LogP contribution >= 0.6 is 0 Å². The molecule has 0 spiro atoms. The van der Waals surface area contributed by atoms with Gasteiger partial charge in [0.2, 0.25) is 5.91 Å². The molecule has 0 bridgehead atoms. The smallest absolute Gasteiger partial charge is 0.221 e. The molecule has 7 nitrogen and oxygen atoms in total. The Kier molecular flexibility index (Phi) is 36.5. The fraction of sp³-hybridized carbons (Fsp3) is 0.583. The fourth-order valence-electron chi connectivity index (χ4n) is 3.73. The van der Waals surface area contributed by atoms with Crippen molar-refractivity contribution in [3.63, 3.8) is 0 Å². The SMILES string of the molecule is C#C.CC.CC.CC.CCCCS(=O)(=O)CCC(=O)N[C@@H](Cc1cc(F)cc(F)c1)[C@H](O)CNCc1cccc(CC)c1.CCN. The third-order valence-corrected chi connectivity index (χ3v) is 7.46. The molecule has 46 heavy (non-hydrogen) atoms. The van der Waals surface area contributed by atoms with Crippen LogP contribution in [0.3, 0.4) is 0 Å². The molecule has 2 rings (SSSR count). The van der Waals surface area contributed by atoms with Crippen LogP contribution in [-0.2, 0) is 34.0 Å². The molecule has 0 radical (unpaired) electrons. The summed E-state index contributed by atoms with van der Waals surface area (Å²) in [6.07, 6.45) is 8.84. The highest BCUT2D eigenvalue weighted by molar-refractivity contribution is 7.91. The Bertz CT molecular complexity index is 1110. The number of benzene rings is 2. The molecule has 1 amide bonds. The summed E-state index contributed by atoms with van der Waals surface area (Å²) >= 11 is 0. The molecule has 0 unspecified atom stereocenters. The molecule has 2 aromatic carbocycles. The van der Waals surface area contributed by atoms with Gasteiger partial charge in [-0.05, 0) is 54.6 Å². The van der Waals surface area contributed by atoms with Crippen molar-refractivity contribution in [2.75, 3.05) is 24.6 Å². The first-order valence-corrected chi connectivity index (χ1v) is 18.3.